The van der Waals surface area contributed by atoms with E-state index in [-0.39, 0.29) is 15.3 Å². The molecule has 0 aliphatic heterocycles. The van der Waals surface area contributed by atoms with Crippen LogP contribution in [-0.2, 0) is 4.79 Å². The lowest BCUT2D eigenvalue weighted by molar-refractivity contribution is -0.115. The molecule has 1 heterocycles. The largest absolute Gasteiger partial charge is 0.457 e. The van der Waals surface area contributed by atoms with Crippen LogP contribution in [0.3, 0.4) is 0 Å². The fourth-order valence-corrected chi connectivity index (χ4v) is 3.61. The Labute approximate surface area is 194 Å². The molecule has 1 aromatic heterocycles. The first-order chi connectivity index (χ1) is 14.2. The Morgan fingerprint density at radius 3 is 2.60 bits per heavy atom. The van der Waals surface area contributed by atoms with Gasteiger partial charge in [-0.15, -0.1) is 0 Å². The Morgan fingerprint density at radius 2 is 1.90 bits per heavy atom. The molecule has 0 aliphatic rings. The molecule has 154 valence electrons. The van der Waals surface area contributed by atoms with E-state index in [1.165, 1.54) is 12.2 Å². The zero-order valence-corrected chi connectivity index (χ0v) is 18.7. The Bertz CT molecular complexity index is 1140. The number of rotatable bonds is 4. The highest BCUT2D eigenvalue weighted by molar-refractivity contribution is 9.10. The number of hydrogen-bond acceptors (Lipinski definition) is 3. The summed E-state index contributed by atoms with van der Waals surface area (Å²) < 4.78 is 32.7. The second-order valence-electron chi connectivity index (χ2n) is 5.85. The van der Waals surface area contributed by atoms with E-state index in [0.29, 0.717) is 33.2 Å². The van der Waals surface area contributed by atoms with E-state index >= 15 is 0 Å². The summed E-state index contributed by atoms with van der Waals surface area (Å²) >= 11 is 20.0. The number of carbonyl (C=O) groups is 1. The maximum absolute atomic E-state index is 13.8. The van der Waals surface area contributed by atoms with Crippen molar-refractivity contribution in [3.8, 4) is 11.3 Å². The highest BCUT2D eigenvalue weighted by atomic mass is 79.9. The average Bonchev–Trinajstić information content (AvgIpc) is 3.11. The van der Waals surface area contributed by atoms with E-state index in [4.69, 9.17) is 39.8 Å². The lowest BCUT2D eigenvalue weighted by atomic mass is 10.2. The van der Waals surface area contributed by atoms with Crippen molar-refractivity contribution in [3.63, 3.8) is 0 Å². The van der Waals surface area contributed by atoms with Crippen molar-refractivity contribution in [2.75, 3.05) is 5.32 Å². The molecule has 0 saturated carbocycles. The van der Waals surface area contributed by atoms with Crippen molar-refractivity contribution in [2.45, 2.75) is 0 Å². The first-order valence-electron chi connectivity index (χ1n) is 8.23. The number of anilines is 1. The van der Waals surface area contributed by atoms with Crippen LogP contribution in [0.4, 0.5) is 14.5 Å². The quantitative estimate of drug-likeness (QED) is 0.286. The molecule has 1 amide bonds. The molecule has 0 bridgehead atoms. The van der Waals surface area contributed by atoms with Gasteiger partial charge in [0.1, 0.15) is 17.3 Å². The zero-order valence-electron chi connectivity index (χ0n) is 14.8. The third-order valence-electron chi connectivity index (χ3n) is 3.70. The summed E-state index contributed by atoms with van der Waals surface area (Å²) in [7, 11) is 0. The second-order valence-corrected chi connectivity index (χ2v) is 7.95. The molecule has 0 radical (unpaired) electrons. The van der Waals surface area contributed by atoms with Gasteiger partial charge in [0.25, 0.3) is 0 Å². The molecule has 0 atom stereocenters. The van der Waals surface area contributed by atoms with Crippen molar-refractivity contribution in [2.24, 2.45) is 0 Å². The standard InChI is InChI=1S/C20H11BrCl2F2N2O2S/c21-14-8-11(24)9-16(25)19(14)27-20(30)26-18(28)6-3-12-2-5-17(29-12)13-4-1-10(22)7-15(13)23/h1-9H,(H2,26,27,28,30)/b6-3+. The molecule has 0 aliphatic carbocycles. The lowest BCUT2D eigenvalue weighted by Crippen LogP contribution is -2.33. The van der Waals surface area contributed by atoms with Gasteiger partial charge in [-0.25, -0.2) is 8.78 Å². The van der Waals surface area contributed by atoms with E-state index in [1.807, 2.05) is 0 Å². The van der Waals surface area contributed by atoms with Crippen LogP contribution in [0.5, 0.6) is 0 Å². The number of nitrogens with one attached hydrogen (secondary N) is 2. The fraction of sp³-hybridized carbons (Fsp3) is 0. The second kappa shape index (κ2) is 9.70. The van der Waals surface area contributed by atoms with Crippen LogP contribution in [0.15, 0.2) is 57.4 Å². The van der Waals surface area contributed by atoms with E-state index in [2.05, 4.69) is 26.6 Å². The number of benzene rings is 2. The SMILES string of the molecule is O=C(/C=C/c1ccc(-c2ccc(Cl)cc2Cl)o1)NC(=S)Nc1c(F)cc(F)cc1Br. The summed E-state index contributed by atoms with van der Waals surface area (Å²) in [6, 6.07) is 10.1. The van der Waals surface area contributed by atoms with Crippen LogP contribution in [-0.4, -0.2) is 11.0 Å². The number of halogens is 5. The molecule has 0 fully saturated rings. The zero-order chi connectivity index (χ0) is 21.8. The summed E-state index contributed by atoms with van der Waals surface area (Å²) in [6.07, 6.45) is 2.62. The highest BCUT2D eigenvalue weighted by Crippen LogP contribution is 2.31. The topological polar surface area (TPSA) is 54.3 Å². The molecule has 10 heteroatoms. The van der Waals surface area contributed by atoms with Gasteiger partial charge < -0.3 is 9.73 Å². The van der Waals surface area contributed by atoms with Crippen molar-refractivity contribution in [1.82, 2.24) is 5.32 Å². The summed E-state index contributed by atoms with van der Waals surface area (Å²) in [5.41, 5.74) is 0.559. The predicted molar refractivity (Wildman–Crippen MR) is 122 cm³/mol. The number of hydrogen-bond donors (Lipinski definition) is 2. The van der Waals surface area contributed by atoms with Crippen molar-refractivity contribution in [1.29, 1.82) is 0 Å². The van der Waals surface area contributed by atoms with E-state index in [0.717, 1.165) is 6.07 Å². The minimum Gasteiger partial charge on any atom is -0.457 e. The van der Waals surface area contributed by atoms with Gasteiger partial charge in [-0.2, -0.15) is 0 Å². The predicted octanol–water partition coefficient (Wildman–Crippen LogP) is 6.82. The van der Waals surface area contributed by atoms with Gasteiger partial charge in [0.15, 0.2) is 10.9 Å². The molecule has 3 aromatic rings. The minimum atomic E-state index is -0.863. The molecule has 30 heavy (non-hydrogen) atoms. The van der Waals surface area contributed by atoms with Crippen LogP contribution in [0.25, 0.3) is 17.4 Å². The number of furan rings is 1. The van der Waals surface area contributed by atoms with Crippen LogP contribution >= 0.6 is 51.3 Å². The molecule has 3 rings (SSSR count). The first-order valence-corrected chi connectivity index (χ1v) is 10.2. The fourth-order valence-electron chi connectivity index (χ4n) is 2.39. The molecule has 4 nitrogen and oxygen atoms in total. The van der Waals surface area contributed by atoms with Crippen LogP contribution in [0.1, 0.15) is 5.76 Å². The Kier molecular flexibility index (Phi) is 7.25. The van der Waals surface area contributed by atoms with E-state index < -0.39 is 17.5 Å². The van der Waals surface area contributed by atoms with E-state index in [1.54, 1.807) is 30.3 Å². The Morgan fingerprint density at radius 1 is 1.13 bits per heavy atom. The minimum absolute atomic E-state index is 0.0961. The van der Waals surface area contributed by atoms with Crippen LogP contribution in [0.2, 0.25) is 10.0 Å². The highest BCUT2D eigenvalue weighted by Gasteiger charge is 2.12. The van der Waals surface area contributed by atoms with Crippen molar-refractivity contribution < 1.29 is 18.0 Å². The van der Waals surface area contributed by atoms with Gasteiger partial charge in [-0.3, -0.25) is 10.1 Å². The Hall–Kier alpha value is -2.26. The third kappa shape index (κ3) is 5.66. The Balaban J connectivity index is 1.63. The normalized spacial score (nSPS) is 11.0. The smallest absolute Gasteiger partial charge is 0.250 e. The lowest BCUT2D eigenvalue weighted by Gasteiger charge is -2.11. The number of amides is 1. The number of thiocarbonyl (C=S) groups is 1. The van der Waals surface area contributed by atoms with Gasteiger partial charge in [0.2, 0.25) is 5.91 Å². The first kappa shape index (κ1) is 22.4. The van der Waals surface area contributed by atoms with Gasteiger partial charge in [-0.1, -0.05) is 23.2 Å². The third-order valence-corrected chi connectivity index (χ3v) is 5.08. The summed E-state index contributed by atoms with van der Waals surface area (Å²) in [4.78, 5) is 12.0. The maximum atomic E-state index is 13.8. The van der Waals surface area contributed by atoms with Gasteiger partial charge >= 0.3 is 0 Å². The molecular weight excluding hydrogens is 521 g/mol. The monoisotopic (exact) mass is 530 g/mol. The average molecular weight is 532 g/mol. The molecule has 0 saturated heterocycles. The van der Waals surface area contributed by atoms with Gasteiger partial charge in [0, 0.05) is 27.2 Å². The molecule has 0 unspecified atom stereocenters. The van der Waals surface area contributed by atoms with Crippen LogP contribution in [0, 0.1) is 11.6 Å². The molecular formula is C20H11BrCl2F2N2O2S. The maximum Gasteiger partial charge on any atom is 0.250 e. The van der Waals surface area contributed by atoms with Gasteiger partial charge in [0.05, 0.1) is 10.7 Å². The molecule has 0 spiro atoms. The summed E-state index contributed by atoms with van der Waals surface area (Å²) in [5.74, 6) is -1.28. The number of carbonyl (C=O) groups excluding carboxylic acids is 1. The summed E-state index contributed by atoms with van der Waals surface area (Å²) in [6.45, 7) is 0. The molecule has 2 aromatic carbocycles. The van der Waals surface area contributed by atoms with Gasteiger partial charge in [-0.05, 0) is 70.6 Å². The molecule has 2 N–H and O–H groups in total. The van der Waals surface area contributed by atoms with Crippen molar-refractivity contribution in [3.05, 3.63) is 80.5 Å². The summed E-state index contributed by atoms with van der Waals surface area (Å²) in [5, 5.41) is 5.63. The van der Waals surface area contributed by atoms with Crippen LogP contribution < -0.4 is 10.6 Å². The van der Waals surface area contributed by atoms with Crippen molar-refractivity contribution >= 4 is 74.1 Å². The van der Waals surface area contributed by atoms with E-state index in [9.17, 15) is 13.6 Å².